The summed E-state index contributed by atoms with van der Waals surface area (Å²) < 4.78 is 12.5. The predicted molar refractivity (Wildman–Crippen MR) is 133 cm³/mol. The minimum atomic E-state index is -0.134. The summed E-state index contributed by atoms with van der Waals surface area (Å²) in [6, 6.07) is 0. The lowest BCUT2D eigenvalue weighted by molar-refractivity contribution is -0.152. The maximum absolute atomic E-state index is 11.6. The van der Waals surface area contributed by atoms with E-state index in [9.17, 15) is 4.79 Å². The standard InChI is InChI=1S/C30H46O3/c1-18(2)19(3)8-9-20(4)24-12-13-25-26-11-10-22-16-23(32-21(5)31)14-15-29(22,7)30(26)27(33-30)17-28(24,25)6/h8-9,11,18-20,22-25,27H,10,12-17H2,1-7H3/b9-8+/t19?,20?,22-,23?,24?,25?,27+,28?,29?,30-/m0/s1. The van der Waals surface area contributed by atoms with Crippen molar-refractivity contribution in [2.75, 3.05) is 0 Å². The van der Waals surface area contributed by atoms with Gasteiger partial charge in [0.05, 0.1) is 6.10 Å². The van der Waals surface area contributed by atoms with Crippen molar-refractivity contribution in [3.05, 3.63) is 23.8 Å². The molecule has 5 rings (SSSR count). The van der Waals surface area contributed by atoms with Gasteiger partial charge in [0.1, 0.15) is 11.7 Å². The molecule has 10 atom stereocenters. The summed E-state index contributed by atoms with van der Waals surface area (Å²) in [6.45, 7) is 16.1. The molecule has 0 N–H and O–H groups in total. The minimum absolute atomic E-state index is 0.0264. The normalized spacial score (nSPS) is 47.8. The number of fused-ring (bicyclic) bond motifs is 3. The van der Waals surface area contributed by atoms with Gasteiger partial charge in [0.2, 0.25) is 0 Å². The van der Waals surface area contributed by atoms with Crippen LogP contribution in [0.3, 0.4) is 0 Å². The molecule has 0 aromatic carbocycles. The second kappa shape index (κ2) is 7.97. The van der Waals surface area contributed by atoms with E-state index in [2.05, 4.69) is 59.8 Å². The molecule has 0 aromatic rings. The highest BCUT2D eigenvalue weighted by Crippen LogP contribution is 2.75. The smallest absolute Gasteiger partial charge is 0.302 e. The molecule has 1 heterocycles. The Hall–Kier alpha value is -1.09. The van der Waals surface area contributed by atoms with Gasteiger partial charge in [-0.2, -0.15) is 0 Å². The fourth-order valence-corrected chi connectivity index (χ4v) is 8.87. The Labute approximate surface area is 201 Å². The van der Waals surface area contributed by atoms with Crippen molar-refractivity contribution >= 4 is 5.97 Å². The van der Waals surface area contributed by atoms with Crippen LogP contribution in [0.5, 0.6) is 0 Å². The quantitative estimate of drug-likeness (QED) is 0.252. The van der Waals surface area contributed by atoms with Gasteiger partial charge in [-0.1, -0.05) is 59.8 Å². The molecule has 0 radical (unpaired) electrons. The summed E-state index contributed by atoms with van der Waals surface area (Å²) in [4.78, 5) is 11.6. The van der Waals surface area contributed by atoms with Gasteiger partial charge < -0.3 is 9.47 Å². The maximum atomic E-state index is 11.6. The molecule has 4 aliphatic carbocycles. The Kier molecular flexibility index (Phi) is 5.71. The summed E-state index contributed by atoms with van der Waals surface area (Å²) in [5, 5.41) is 0. The van der Waals surface area contributed by atoms with Crippen LogP contribution < -0.4 is 0 Å². The Bertz CT molecular complexity index is 857. The Morgan fingerprint density at radius 3 is 2.61 bits per heavy atom. The van der Waals surface area contributed by atoms with Crippen molar-refractivity contribution in [3.8, 4) is 0 Å². The molecule has 184 valence electrons. The third kappa shape index (κ3) is 3.42. The van der Waals surface area contributed by atoms with Crippen molar-refractivity contribution in [3.63, 3.8) is 0 Å². The van der Waals surface area contributed by atoms with Crippen LogP contribution in [-0.4, -0.2) is 23.8 Å². The number of ether oxygens (including phenoxy) is 2. The van der Waals surface area contributed by atoms with Crippen LogP contribution in [0, 0.1) is 46.3 Å². The number of carbonyl (C=O) groups excluding carboxylic acids is 1. The SMILES string of the molecule is CC(=O)OC1CCC2(C)[C@@H](CC=C3C4CCC(C(C)/C=C/C(C)C(C)C)C4(C)C[C@H]4O[C@@]342)C1. The number of epoxide rings is 1. The fourth-order valence-electron chi connectivity index (χ4n) is 8.87. The molecule has 0 bridgehead atoms. The first kappa shape index (κ1) is 23.6. The Morgan fingerprint density at radius 1 is 1.15 bits per heavy atom. The van der Waals surface area contributed by atoms with Crippen LogP contribution in [-0.2, 0) is 14.3 Å². The third-order valence-corrected chi connectivity index (χ3v) is 11.2. The lowest BCUT2D eigenvalue weighted by Crippen LogP contribution is -2.56. The topological polar surface area (TPSA) is 38.8 Å². The highest BCUT2D eigenvalue weighted by atomic mass is 16.6. The highest BCUT2D eigenvalue weighted by molar-refractivity contribution is 5.66. The number of hydrogen-bond donors (Lipinski definition) is 0. The molecule has 0 aromatic heterocycles. The fraction of sp³-hybridized carbons (Fsp3) is 0.833. The van der Waals surface area contributed by atoms with Gasteiger partial charge in [-0.05, 0) is 91.4 Å². The van der Waals surface area contributed by atoms with Gasteiger partial charge in [0.25, 0.3) is 0 Å². The van der Waals surface area contributed by atoms with E-state index < -0.39 is 0 Å². The zero-order valence-corrected chi connectivity index (χ0v) is 22.0. The summed E-state index contributed by atoms with van der Waals surface area (Å²) in [5.74, 6) is 3.81. The first-order valence-electron chi connectivity index (χ1n) is 13.8. The number of allylic oxidation sites excluding steroid dienone is 3. The molecule has 3 heteroatoms. The second-order valence-corrected chi connectivity index (χ2v) is 13.2. The Morgan fingerprint density at radius 2 is 1.91 bits per heavy atom. The third-order valence-electron chi connectivity index (χ3n) is 11.2. The molecular formula is C30H46O3. The largest absolute Gasteiger partial charge is 0.463 e. The van der Waals surface area contributed by atoms with E-state index in [1.54, 1.807) is 12.5 Å². The molecule has 5 aliphatic rings. The van der Waals surface area contributed by atoms with E-state index in [-0.39, 0.29) is 23.1 Å². The molecule has 1 spiro atoms. The molecule has 0 amide bonds. The van der Waals surface area contributed by atoms with E-state index in [0.29, 0.717) is 41.1 Å². The molecule has 3 nitrogen and oxygen atoms in total. The van der Waals surface area contributed by atoms with Crippen LogP contribution in [0.1, 0.15) is 93.4 Å². The zero-order chi connectivity index (χ0) is 23.8. The summed E-state index contributed by atoms with van der Waals surface area (Å²) in [7, 11) is 0. The lowest BCUT2D eigenvalue weighted by Gasteiger charge is -2.55. The molecule has 4 fully saturated rings. The van der Waals surface area contributed by atoms with Crippen molar-refractivity contribution < 1.29 is 14.3 Å². The van der Waals surface area contributed by atoms with Crippen LogP contribution in [0.4, 0.5) is 0 Å². The average molecular weight is 455 g/mol. The molecule has 1 aliphatic heterocycles. The molecule has 1 saturated heterocycles. The first-order chi connectivity index (χ1) is 15.5. The molecular weight excluding hydrogens is 408 g/mol. The van der Waals surface area contributed by atoms with Crippen LogP contribution in [0.15, 0.2) is 23.8 Å². The van der Waals surface area contributed by atoms with Gasteiger partial charge in [-0.25, -0.2) is 0 Å². The first-order valence-corrected chi connectivity index (χ1v) is 13.8. The second-order valence-electron chi connectivity index (χ2n) is 13.2. The van der Waals surface area contributed by atoms with Crippen LogP contribution >= 0.6 is 0 Å². The van der Waals surface area contributed by atoms with Gasteiger partial charge >= 0.3 is 5.97 Å². The monoisotopic (exact) mass is 454 g/mol. The average Bonchev–Trinajstić information content (AvgIpc) is 3.36. The number of esters is 1. The summed E-state index contributed by atoms with van der Waals surface area (Å²) in [6.07, 6.45) is 16.2. The van der Waals surface area contributed by atoms with Crippen LogP contribution in [0.2, 0.25) is 0 Å². The Balaban J connectivity index is 1.38. The van der Waals surface area contributed by atoms with Crippen LogP contribution in [0.25, 0.3) is 0 Å². The van der Waals surface area contributed by atoms with Gasteiger partial charge in [-0.15, -0.1) is 0 Å². The van der Waals surface area contributed by atoms with Crippen molar-refractivity contribution in [1.29, 1.82) is 0 Å². The molecule has 3 saturated carbocycles. The zero-order valence-electron chi connectivity index (χ0n) is 22.0. The van der Waals surface area contributed by atoms with Gasteiger partial charge in [0, 0.05) is 12.3 Å². The predicted octanol–water partition coefficient (Wildman–Crippen LogP) is 7.11. The van der Waals surface area contributed by atoms with E-state index in [0.717, 1.165) is 31.6 Å². The van der Waals surface area contributed by atoms with E-state index in [1.165, 1.54) is 19.3 Å². The number of carbonyl (C=O) groups is 1. The molecule has 7 unspecified atom stereocenters. The van der Waals surface area contributed by atoms with Crippen molar-refractivity contribution in [2.45, 2.75) is 111 Å². The van der Waals surface area contributed by atoms with E-state index in [1.807, 2.05) is 0 Å². The van der Waals surface area contributed by atoms with E-state index in [4.69, 9.17) is 9.47 Å². The number of hydrogen-bond acceptors (Lipinski definition) is 3. The summed E-state index contributed by atoms with van der Waals surface area (Å²) in [5.41, 5.74) is 2.18. The maximum Gasteiger partial charge on any atom is 0.302 e. The lowest BCUT2D eigenvalue weighted by atomic mass is 9.47. The van der Waals surface area contributed by atoms with Gasteiger partial charge in [-0.3, -0.25) is 4.79 Å². The van der Waals surface area contributed by atoms with Crippen molar-refractivity contribution in [1.82, 2.24) is 0 Å². The highest BCUT2D eigenvalue weighted by Gasteiger charge is 2.77. The molecule has 33 heavy (non-hydrogen) atoms. The minimum Gasteiger partial charge on any atom is -0.463 e. The van der Waals surface area contributed by atoms with Crippen molar-refractivity contribution in [2.24, 2.45) is 46.3 Å². The number of rotatable bonds is 5. The van der Waals surface area contributed by atoms with Gasteiger partial charge in [0.15, 0.2) is 0 Å². The van der Waals surface area contributed by atoms with E-state index >= 15 is 0 Å². The summed E-state index contributed by atoms with van der Waals surface area (Å²) >= 11 is 0.